The van der Waals surface area contributed by atoms with Gasteiger partial charge in [0.25, 0.3) is 0 Å². The first kappa shape index (κ1) is 33.9. The summed E-state index contributed by atoms with van der Waals surface area (Å²) in [5, 5.41) is 15.1. The zero-order chi connectivity index (χ0) is 34.9. The van der Waals surface area contributed by atoms with Crippen molar-refractivity contribution in [3.63, 3.8) is 0 Å². The van der Waals surface area contributed by atoms with E-state index in [1.165, 1.54) is 36.6 Å². The van der Waals surface area contributed by atoms with Gasteiger partial charge in [-0.15, -0.1) is 11.3 Å². The molecule has 3 saturated heterocycles. The molecule has 4 aliphatic rings. The van der Waals surface area contributed by atoms with Gasteiger partial charge in [-0.1, -0.05) is 17.7 Å². The van der Waals surface area contributed by atoms with Crippen molar-refractivity contribution in [3.05, 3.63) is 86.7 Å². The van der Waals surface area contributed by atoms with Gasteiger partial charge in [-0.2, -0.15) is 0 Å². The number of aromatic nitrogens is 1. The zero-order valence-electron chi connectivity index (χ0n) is 27.1. The van der Waals surface area contributed by atoms with E-state index in [1.54, 1.807) is 11.1 Å². The first-order valence-corrected chi connectivity index (χ1v) is 17.4. The lowest BCUT2D eigenvalue weighted by molar-refractivity contribution is -0.140. The summed E-state index contributed by atoms with van der Waals surface area (Å²) in [6, 6.07) is 10.7. The summed E-state index contributed by atoms with van der Waals surface area (Å²) in [7, 11) is 1.30. The Morgan fingerprint density at radius 1 is 1.12 bits per heavy atom. The third kappa shape index (κ3) is 6.90. The van der Waals surface area contributed by atoms with Crippen molar-refractivity contribution in [3.8, 4) is 0 Å². The molecule has 2 aromatic carbocycles. The summed E-state index contributed by atoms with van der Waals surface area (Å²) in [6.07, 6.45) is 1.24. The monoisotopic (exact) mass is 723 g/mol. The minimum atomic E-state index is -0.890. The second-order valence-electron chi connectivity index (χ2n) is 12.4. The summed E-state index contributed by atoms with van der Waals surface area (Å²) >= 11 is 7.89. The molecule has 2 N–H and O–H groups in total. The van der Waals surface area contributed by atoms with Gasteiger partial charge in [-0.25, -0.2) is 19.0 Å². The third-order valence-electron chi connectivity index (χ3n) is 9.31. The zero-order valence-corrected chi connectivity index (χ0v) is 28.7. The molecule has 0 spiro atoms. The number of carbonyl (C=O) groups is 3. The van der Waals surface area contributed by atoms with Gasteiger partial charge < -0.3 is 29.7 Å². The van der Waals surface area contributed by atoms with Crippen LogP contribution in [-0.4, -0.2) is 115 Å². The number of aliphatic carboxylic acids is 1. The van der Waals surface area contributed by atoms with Gasteiger partial charge in [0.15, 0.2) is 10.8 Å². The number of nitrogens with one attached hydrogen (secondary N) is 1. The van der Waals surface area contributed by atoms with E-state index < -0.39 is 23.8 Å². The predicted octanol–water partition coefficient (Wildman–Crippen LogP) is 3.76. The molecule has 3 atom stereocenters. The number of amides is 2. The molecule has 3 aromatic rings. The number of morpholine rings is 1. The highest BCUT2D eigenvalue weighted by Gasteiger charge is 2.42. The summed E-state index contributed by atoms with van der Waals surface area (Å²) in [6.45, 7) is 4.03. The Hall–Kier alpha value is -4.57. The Labute approximate surface area is 296 Å². The molecule has 16 heteroatoms. The quantitative estimate of drug-likeness (QED) is 0.314. The van der Waals surface area contributed by atoms with Gasteiger partial charge in [0.2, 0.25) is 0 Å². The highest BCUT2D eigenvalue weighted by molar-refractivity contribution is 7.11. The van der Waals surface area contributed by atoms with E-state index in [0.717, 1.165) is 11.4 Å². The number of ether oxygens (including phenoxy) is 2. The molecular weight excluding hydrogens is 689 g/mol. The summed E-state index contributed by atoms with van der Waals surface area (Å²) in [5.41, 5.74) is 3.02. The predicted molar refractivity (Wildman–Crippen MR) is 185 cm³/mol. The molecular formula is C34H35ClFN7O6S. The number of fused-ring (bicyclic) bond motifs is 1. The lowest BCUT2D eigenvalue weighted by atomic mass is 9.95. The molecule has 1 aromatic heterocycles. The van der Waals surface area contributed by atoms with E-state index in [0.29, 0.717) is 74.5 Å². The molecule has 0 saturated carbocycles. The lowest BCUT2D eigenvalue weighted by Gasteiger charge is -2.38. The van der Waals surface area contributed by atoms with Gasteiger partial charge in [0.1, 0.15) is 11.9 Å². The molecule has 2 amide bonds. The van der Waals surface area contributed by atoms with E-state index in [4.69, 9.17) is 31.2 Å². The van der Waals surface area contributed by atoms with Crippen molar-refractivity contribution in [2.45, 2.75) is 24.6 Å². The van der Waals surface area contributed by atoms with Gasteiger partial charge in [0, 0.05) is 85.0 Å². The number of halogens is 2. The Morgan fingerprint density at radius 2 is 1.92 bits per heavy atom. The first-order valence-electron chi connectivity index (χ1n) is 16.2. The maximum atomic E-state index is 14.0. The highest BCUT2D eigenvalue weighted by Crippen LogP contribution is 2.37. The number of rotatable bonds is 9. The number of hydrogen-bond acceptors (Lipinski definition) is 11. The summed E-state index contributed by atoms with van der Waals surface area (Å²) in [4.78, 5) is 55.3. The van der Waals surface area contributed by atoms with Crippen LogP contribution in [0, 0.1) is 5.82 Å². The Bertz CT molecular complexity index is 1840. The molecule has 50 heavy (non-hydrogen) atoms. The van der Waals surface area contributed by atoms with E-state index >= 15 is 0 Å². The molecule has 0 radical (unpaired) electrons. The van der Waals surface area contributed by atoms with Crippen LogP contribution >= 0.6 is 22.9 Å². The molecule has 0 bridgehead atoms. The lowest BCUT2D eigenvalue weighted by Crippen LogP contribution is -2.53. The van der Waals surface area contributed by atoms with E-state index in [9.17, 15) is 18.8 Å². The van der Waals surface area contributed by atoms with Crippen LogP contribution in [0.15, 0.2) is 70.3 Å². The molecule has 262 valence electrons. The Balaban J connectivity index is 1.09. The van der Waals surface area contributed by atoms with Crippen molar-refractivity contribution < 1.29 is 33.4 Å². The maximum Gasteiger partial charge on any atom is 0.338 e. The van der Waals surface area contributed by atoms with E-state index in [1.807, 2.05) is 34.5 Å². The molecule has 5 heterocycles. The minimum absolute atomic E-state index is 0.0494. The molecule has 7 rings (SSSR count). The van der Waals surface area contributed by atoms with Crippen LogP contribution < -0.4 is 15.1 Å². The number of esters is 1. The first-order chi connectivity index (χ1) is 24.2. The van der Waals surface area contributed by atoms with Crippen molar-refractivity contribution in [2.24, 2.45) is 4.99 Å². The minimum Gasteiger partial charge on any atom is -0.481 e. The van der Waals surface area contributed by atoms with E-state index in [-0.39, 0.29) is 35.2 Å². The summed E-state index contributed by atoms with van der Waals surface area (Å²) < 4.78 is 24.9. The molecule has 3 unspecified atom stereocenters. The maximum absolute atomic E-state index is 14.0. The van der Waals surface area contributed by atoms with Crippen LogP contribution in [0.2, 0.25) is 5.02 Å². The number of carboxylic acid groups (broad SMARTS) is 1. The molecule has 4 aliphatic heterocycles. The molecule has 3 fully saturated rings. The topological polar surface area (TPSA) is 140 Å². The van der Waals surface area contributed by atoms with E-state index in [2.05, 4.69) is 20.1 Å². The number of hydrogen-bond donors (Lipinski definition) is 2. The second kappa shape index (κ2) is 14.3. The van der Waals surface area contributed by atoms with Crippen LogP contribution in [-0.2, 0) is 19.1 Å². The van der Waals surface area contributed by atoms with Gasteiger partial charge >= 0.3 is 18.0 Å². The number of piperazine rings is 1. The fourth-order valence-corrected chi connectivity index (χ4v) is 7.80. The fraction of sp³-hybridized carbons (Fsp3) is 0.382. The third-order valence-corrected chi connectivity index (χ3v) is 10.4. The van der Waals surface area contributed by atoms with Crippen LogP contribution in [0.1, 0.15) is 23.0 Å². The van der Waals surface area contributed by atoms with Crippen molar-refractivity contribution in [1.82, 2.24) is 20.1 Å². The van der Waals surface area contributed by atoms with Crippen molar-refractivity contribution in [2.75, 3.05) is 69.3 Å². The van der Waals surface area contributed by atoms with Crippen molar-refractivity contribution >= 4 is 58.1 Å². The van der Waals surface area contributed by atoms with Gasteiger partial charge in [-0.05, 0) is 36.4 Å². The number of methoxy groups -OCH3 is 1. The smallest absolute Gasteiger partial charge is 0.338 e. The average molecular weight is 724 g/mol. The fourth-order valence-electron chi connectivity index (χ4n) is 6.94. The number of benzene rings is 2. The molecule has 13 nitrogen and oxygen atoms in total. The number of nitrogens with zero attached hydrogens (tertiary/aromatic N) is 6. The normalized spacial score (nSPS) is 22.7. The SMILES string of the molecule is COC(=O)C1=C(CN2CCN3C(=O)N(c4ccc(N5CCOC(CC(=O)O)C5)cc4)CC3C2)NC(c2nccs2)=NC1c1ccc(F)cc1Cl. The second-order valence-corrected chi connectivity index (χ2v) is 13.7. The van der Waals surface area contributed by atoms with Crippen LogP contribution in [0.4, 0.5) is 20.6 Å². The van der Waals surface area contributed by atoms with Gasteiger partial charge in [-0.3, -0.25) is 19.6 Å². The standard InChI is InChI=1S/C34H35ClFN7O6S/c1-48-33(46)29-27(38-31(32-37-8-13-50-32)39-30(29)25-7-2-20(36)14-26(25)35)19-40-9-10-42-23(16-40)17-43(34(42)47)22-5-3-21(4-6-22)41-11-12-49-24(18-41)15-28(44)45/h2-8,13-14,23-24,30H,9-12,15-19H2,1H3,(H,38,39)(H,44,45). The number of urea groups is 1. The number of carboxylic acids is 1. The van der Waals surface area contributed by atoms with Crippen LogP contribution in [0.25, 0.3) is 0 Å². The Kier molecular flexibility index (Phi) is 9.73. The average Bonchev–Trinajstić information content (AvgIpc) is 3.76. The van der Waals surface area contributed by atoms with Crippen LogP contribution in [0.5, 0.6) is 0 Å². The van der Waals surface area contributed by atoms with Crippen molar-refractivity contribution in [1.29, 1.82) is 0 Å². The largest absolute Gasteiger partial charge is 0.481 e. The number of aliphatic imine (C=N–C) groups is 1. The Morgan fingerprint density at radius 3 is 2.64 bits per heavy atom. The summed E-state index contributed by atoms with van der Waals surface area (Å²) in [5.74, 6) is -1.51. The highest BCUT2D eigenvalue weighted by atomic mass is 35.5. The van der Waals surface area contributed by atoms with Crippen LogP contribution in [0.3, 0.4) is 0 Å². The number of carbonyl (C=O) groups excluding carboxylic acids is 2. The molecule has 0 aliphatic carbocycles. The number of anilines is 2. The van der Waals surface area contributed by atoms with Gasteiger partial charge in [0.05, 0.1) is 37.9 Å². The number of amidine groups is 1. The number of thiazole rings is 1.